The Kier molecular flexibility index (Phi) is 10.5. The molecule has 9 heteroatoms. The molecule has 0 saturated carbocycles. The van der Waals surface area contributed by atoms with Gasteiger partial charge in [0.25, 0.3) is 0 Å². The molecule has 0 bridgehead atoms. The number of hydrogen-bond acceptors (Lipinski definition) is 2. The summed E-state index contributed by atoms with van der Waals surface area (Å²) in [7, 11) is 0. The van der Waals surface area contributed by atoms with Gasteiger partial charge in [0.1, 0.15) is 17.5 Å². The molecule has 0 aliphatic carbocycles. The first kappa shape index (κ1) is 24.7. The predicted molar refractivity (Wildman–Crippen MR) is 117 cm³/mol. The number of carbonyl (C=O) groups is 1. The van der Waals surface area contributed by atoms with E-state index >= 15 is 0 Å². The van der Waals surface area contributed by atoms with Crippen molar-refractivity contribution in [3.05, 3.63) is 71.0 Å². The average molecular weight is 520 g/mol. The molecule has 1 amide bonds. The van der Waals surface area contributed by atoms with E-state index in [-0.39, 0.29) is 48.4 Å². The largest absolute Gasteiger partial charge is 0.369 e. The lowest BCUT2D eigenvalue weighted by Crippen LogP contribution is -2.43. The molecular weight excluding hydrogens is 496 g/mol. The first-order chi connectivity index (χ1) is 13.4. The molecule has 0 heterocycles. The summed E-state index contributed by atoms with van der Waals surface area (Å²) in [6.45, 7) is 2.50. The first-order valence-electron chi connectivity index (χ1n) is 8.89. The van der Waals surface area contributed by atoms with Gasteiger partial charge in [-0.05, 0) is 49.2 Å². The van der Waals surface area contributed by atoms with Crippen molar-refractivity contribution in [2.75, 3.05) is 13.1 Å². The zero-order chi connectivity index (χ0) is 20.5. The number of nitrogens with two attached hydrogens (primary N) is 1. The van der Waals surface area contributed by atoms with Crippen LogP contribution < -0.4 is 16.4 Å². The van der Waals surface area contributed by atoms with Crippen LogP contribution in [0.3, 0.4) is 0 Å². The summed E-state index contributed by atoms with van der Waals surface area (Å²) in [5.74, 6) is -2.17. The molecule has 2 aromatic carbocycles. The van der Waals surface area contributed by atoms with Crippen LogP contribution in [-0.4, -0.2) is 25.0 Å². The Morgan fingerprint density at radius 2 is 1.72 bits per heavy atom. The number of amides is 1. The third-order valence-electron chi connectivity index (χ3n) is 4.07. The second kappa shape index (κ2) is 12.3. The second-order valence-corrected chi connectivity index (χ2v) is 6.24. The lowest BCUT2D eigenvalue weighted by Gasteiger charge is -2.17. The van der Waals surface area contributed by atoms with Crippen LogP contribution in [0.2, 0.25) is 0 Å². The summed E-state index contributed by atoms with van der Waals surface area (Å²) < 4.78 is 40.0. The Labute approximate surface area is 185 Å². The Bertz CT molecular complexity index is 831. The van der Waals surface area contributed by atoms with Crippen molar-refractivity contribution in [3.8, 4) is 0 Å². The number of carbonyl (C=O) groups excluding carboxylic acids is 1. The van der Waals surface area contributed by atoms with Gasteiger partial charge in [0.2, 0.25) is 5.91 Å². The highest BCUT2D eigenvalue weighted by Crippen LogP contribution is 2.11. The van der Waals surface area contributed by atoms with Crippen LogP contribution in [-0.2, 0) is 17.8 Å². The first-order valence-corrected chi connectivity index (χ1v) is 8.89. The molecule has 0 radical (unpaired) electrons. The lowest BCUT2D eigenvalue weighted by atomic mass is 9.98. The van der Waals surface area contributed by atoms with Gasteiger partial charge >= 0.3 is 0 Å². The maximum Gasteiger partial charge on any atom is 0.222 e. The SMILES string of the molecule is CCNC(=NCc1cc(F)ccc1F)NCC(Cc1ccc(F)cc1)C(N)=O.I. The van der Waals surface area contributed by atoms with Crippen molar-refractivity contribution in [1.82, 2.24) is 10.6 Å². The van der Waals surface area contributed by atoms with E-state index in [1.165, 1.54) is 12.1 Å². The topological polar surface area (TPSA) is 79.5 Å². The summed E-state index contributed by atoms with van der Waals surface area (Å²) in [4.78, 5) is 16.0. The van der Waals surface area contributed by atoms with Crippen LogP contribution in [0.4, 0.5) is 13.2 Å². The Morgan fingerprint density at radius 1 is 1.07 bits per heavy atom. The maximum absolute atomic E-state index is 13.7. The molecule has 0 fully saturated rings. The molecule has 0 aromatic heterocycles. The van der Waals surface area contributed by atoms with Crippen LogP contribution in [0.15, 0.2) is 47.5 Å². The van der Waals surface area contributed by atoms with Gasteiger partial charge in [0.15, 0.2) is 5.96 Å². The standard InChI is InChI=1S/C20H23F3N4O.HI/c1-2-25-20(26-11-14-10-17(22)7-8-18(14)23)27-12-15(19(24)28)9-13-3-5-16(21)6-4-13;/h3-8,10,15H,2,9,11-12H2,1H3,(H2,24,28)(H2,25,26,27);1H. The fraction of sp³-hybridized carbons (Fsp3) is 0.300. The highest BCUT2D eigenvalue weighted by atomic mass is 127. The van der Waals surface area contributed by atoms with Gasteiger partial charge in [0, 0.05) is 18.7 Å². The van der Waals surface area contributed by atoms with Crippen molar-refractivity contribution in [1.29, 1.82) is 0 Å². The Balaban J connectivity index is 0.00000420. The quantitative estimate of drug-likeness (QED) is 0.285. The number of primary amides is 1. The maximum atomic E-state index is 13.7. The molecule has 4 N–H and O–H groups in total. The lowest BCUT2D eigenvalue weighted by molar-refractivity contribution is -0.121. The Morgan fingerprint density at radius 3 is 2.34 bits per heavy atom. The van der Waals surface area contributed by atoms with Gasteiger partial charge in [-0.2, -0.15) is 0 Å². The summed E-state index contributed by atoms with van der Waals surface area (Å²) in [5.41, 5.74) is 6.37. The number of rotatable bonds is 8. The van der Waals surface area contributed by atoms with E-state index in [1.807, 2.05) is 6.92 Å². The summed E-state index contributed by atoms with van der Waals surface area (Å²) in [6, 6.07) is 9.00. The number of aliphatic imine (C=N–C) groups is 1. The van der Waals surface area contributed by atoms with Crippen LogP contribution >= 0.6 is 24.0 Å². The monoisotopic (exact) mass is 520 g/mol. The van der Waals surface area contributed by atoms with Crippen molar-refractivity contribution in [2.24, 2.45) is 16.6 Å². The number of guanidine groups is 1. The molecule has 29 heavy (non-hydrogen) atoms. The minimum atomic E-state index is -0.555. The van der Waals surface area contributed by atoms with E-state index in [0.717, 1.165) is 23.8 Å². The third kappa shape index (κ3) is 8.30. The molecule has 5 nitrogen and oxygen atoms in total. The van der Waals surface area contributed by atoms with Crippen molar-refractivity contribution in [2.45, 2.75) is 19.9 Å². The molecule has 1 unspecified atom stereocenters. The highest BCUT2D eigenvalue weighted by Gasteiger charge is 2.17. The van der Waals surface area contributed by atoms with Gasteiger partial charge in [0.05, 0.1) is 12.5 Å². The molecule has 1 atom stereocenters. The van der Waals surface area contributed by atoms with Gasteiger partial charge in [-0.25, -0.2) is 18.2 Å². The van der Waals surface area contributed by atoms with Crippen LogP contribution in [0, 0.1) is 23.4 Å². The zero-order valence-electron chi connectivity index (χ0n) is 15.9. The molecule has 0 aliphatic heterocycles. The van der Waals surface area contributed by atoms with Gasteiger partial charge in [-0.15, -0.1) is 24.0 Å². The normalized spacial score (nSPS) is 12.1. The number of benzene rings is 2. The van der Waals surface area contributed by atoms with Gasteiger partial charge < -0.3 is 16.4 Å². The summed E-state index contributed by atoms with van der Waals surface area (Å²) in [6.07, 6.45) is 0.334. The van der Waals surface area contributed by atoms with E-state index in [0.29, 0.717) is 18.9 Å². The smallest absolute Gasteiger partial charge is 0.222 e. The Hall–Kier alpha value is -2.30. The van der Waals surface area contributed by atoms with Crippen molar-refractivity contribution < 1.29 is 18.0 Å². The molecule has 0 saturated heterocycles. The molecule has 0 aliphatic rings. The molecule has 0 spiro atoms. The van der Waals surface area contributed by atoms with Gasteiger partial charge in [-0.1, -0.05) is 12.1 Å². The average Bonchev–Trinajstić information content (AvgIpc) is 2.66. The number of nitrogens with zero attached hydrogens (tertiary/aromatic N) is 1. The highest BCUT2D eigenvalue weighted by molar-refractivity contribution is 14.0. The minimum absolute atomic E-state index is 0. The van der Waals surface area contributed by atoms with Crippen LogP contribution in [0.1, 0.15) is 18.1 Å². The molecule has 2 rings (SSSR count). The zero-order valence-corrected chi connectivity index (χ0v) is 18.3. The fourth-order valence-electron chi connectivity index (χ4n) is 2.57. The molecular formula is C20H24F3IN4O. The van der Waals surface area contributed by atoms with Gasteiger partial charge in [-0.3, -0.25) is 4.79 Å². The number of nitrogens with one attached hydrogen (secondary N) is 2. The fourth-order valence-corrected chi connectivity index (χ4v) is 2.57. The summed E-state index contributed by atoms with van der Waals surface area (Å²) >= 11 is 0. The van der Waals surface area contributed by atoms with Crippen molar-refractivity contribution in [3.63, 3.8) is 0 Å². The molecule has 158 valence electrons. The second-order valence-electron chi connectivity index (χ2n) is 6.24. The number of halogens is 4. The van der Waals surface area contributed by atoms with Crippen molar-refractivity contribution >= 4 is 35.8 Å². The third-order valence-corrected chi connectivity index (χ3v) is 4.07. The van der Waals surface area contributed by atoms with Crippen LogP contribution in [0.25, 0.3) is 0 Å². The summed E-state index contributed by atoms with van der Waals surface area (Å²) in [5, 5.41) is 5.96. The van der Waals surface area contributed by atoms with E-state index in [9.17, 15) is 18.0 Å². The molecule has 2 aromatic rings. The van der Waals surface area contributed by atoms with E-state index in [1.54, 1.807) is 12.1 Å². The van der Waals surface area contributed by atoms with Crippen LogP contribution in [0.5, 0.6) is 0 Å². The number of hydrogen-bond donors (Lipinski definition) is 3. The van der Waals surface area contributed by atoms with E-state index < -0.39 is 23.5 Å². The predicted octanol–water partition coefficient (Wildman–Crippen LogP) is 3.12. The van der Waals surface area contributed by atoms with E-state index in [4.69, 9.17) is 5.73 Å². The van der Waals surface area contributed by atoms with E-state index in [2.05, 4.69) is 15.6 Å². The minimum Gasteiger partial charge on any atom is -0.369 e.